The number of fused-ring (bicyclic) bond motifs is 1. The van der Waals surface area contributed by atoms with Crippen LogP contribution in [0, 0.1) is 6.92 Å². The highest BCUT2D eigenvalue weighted by Gasteiger charge is 2.19. The molecule has 0 fully saturated rings. The number of benzene rings is 2. The van der Waals surface area contributed by atoms with Gasteiger partial charge in [-0.25, -0.2) is 13.4 Å². The number of hydrazine groups is 1. The van der Waals surface area contributed by atoms with Gasteiger partial charge in [-0.05, 0) is 31.2 Å². The quantitative estimate of drug-likeness (QED) is 0.601. The second-order valence-corrected chi connectivity index (χ2v) is 9.28. The molecule has 0 spiro atoms. The van der Waals surface area contributed by atoms with Gasteiger partial charge >= 0.3 is 0 Å². The molecule has 0 saturated carbocycles. The van der Waals surface area contributed by atoms with Gasteiger partial charge in [0, 0.05) is 0 Å². The van der Waals surface area contributed by atoms with Crippen LogP contribution in [0.3, 0.4) is 0 Å². The van der Waals surface area contributed by atoms with E-state index in [4.69, 9.17) is 23.2 Å². The molecule has 10 heteroatoms. The molecule has 0 saturated heterocycles. The van der Waals surface area contributed by atoms with Gasteiger partial charge in [0.25, 0.3) is 5.91 Å². The van der Waals surface area contributed by atoms with Gasteiger partial charge in [0.15, 0.2) is 9.84 Å². The highest BCUT2D eigenvalue weighted by Crippen LogP contribution is 2.34. The Hall–Kier alpha value is -1.87. The number of nitrogens with zero attached hydrogens (tertiary/aromatic N) is 1. The van der Waals surface area contributed by atoms with Crippen LogP contribution in [0.4, 0.5) is 5.13 Å². The molecule has 3 rings (SSSR count). The molecule has 1 amide bonds. The second-order valence-electron chi connectivity index (χ2n) is 5.47. The van der Waals surface area contributed by atoms with Crippen molar-refractivity contribution in [3.63, 3.8) is 0 Å². The van der Waals surface area contributed by atoms with E-state index in [1.54, 1.807) is 24.3 Å². The minimum atomic E-state index is -3.73. The molecule has 0 aliphatic rings. The van der Waals surface area contributed by atoms with E-state index >= 15 is 0 Å². The normalized spacial score (nSPS) is 11.5. The van der Waals surface area contributed by atoms with Crippen LogP contribution in [0.15, 0.2) is 41.3 Å². The van der Waals surface area contributed by atoms with Gasteiger partial charge in [0.05, 0.1) is 19.6 Å². The van der Waals surface area contributed by atoms with E-state index in [-0.39, 0.29) is 4.90 Å². The average molecular weight is 430 g/mol. The number of aryl methyl sites for hydroxylation is 1. The topological polar surface area (TPSA) is 88.2 Å². The number of hydrogen-bond donors (Lipinski definition) is 2. The molecule has 2 N–H and O–H groups in total. The van der Waals surface area contributed by atoms with E-state index in [2.05, 4.69) is 15.8 Å². The van der Waals surface area contributed by atoms with Crippen molar-refractivity contribution in [1.82, 2.24) is 10.4 Å². The summed E-state index contributed by atoms with van der Waals surface area (Å²) < 4.78 is 25.3. The Morgan fingerprint density at radius 3 is 2.54 bits per heavy atom. The lowest BCUT2D eigenvalue weighted by molar-refractivity contribution is -0.118. The standard InChI is InChI=1S/C16H13Cl2N3O3S2/c1-9-2-4-10(5-3-9)26(23,24)8-13(22)20-21-16-19-15-12(25-16)7-6-11(17)14(15)18/h2-7H,8H2,1H3,(H,19,21)(H,20,22). The number of sulfone groups is 1. The molecular formula is C16H13Cl2N3O3S2. The van der Waals surface area contributed by atoms with Gasteiger partial charge in [0.2, 0.25) is 5.13 Å². The maximum absolute atomic E-state index is 12.3. The Morgan fingerprint density at radius 2 is 1.85 bits per heavy atom. The number of aromatic nitrogens is 1. The third kappa shape index (κ3) is 4.09. The molecule has 1 heterocycles. The Kier molecular flexibility index (Phi) is 5.38. The predicted octanol–water partition coefficient (Wildman–Crippen LogP) is 3.83. The van der Waals surface area contributed by atoms with Crippen molar-refractivity contribution in [2.24, 2.45) is 0 Å². The molecule has 1 aromatic heterocycles. The van der Waals surface area contributed by atoms with Crippen LogP contribution in [0.25, 0.3) is 10.2 Å². The molecule has 26 heavy (non-hydrogen) atoms. The van der Waals surface area contributed by atoms with Gasteiger partial charge < -0.3 is 0 Å². The molecule has 136 valence electrons. The predicted molar refractivity (Wildman–Crippen MR) is 105 cm³/mol. The number of carbonyl (C=O) groups is 1. The number of anilines is 1. The first kappa shape index (κ1) is 18.9. The van der Waals surface area contributed by atoms with Gasteiger partial charge in [0.1, 0.15) is 11.3 Å². The summed E-state index contributed by atoms with van der Waals surface area (Å²) in [7, 11) is -3.73. The van der Waals surface area contributed by atoms with Crippen LogP contribution < -0.4 is 10.9 Å². The monoisotopic (exact) mass is 429 g/mol. The molecule has 2 aromatic carbocycles. The summed E-state index contributed by atoms with van der Waals surface area (Å²) in [5.74, 6) is -1.38. The fourth-order valence-corrected chi connectivity index (χ4v) is 4.53. The first-order chi connectivity index (χ1) is 12.3. The van der Waals surface area contributed by atoms with E-state index < -0.39 is 21.5 Å². The van der Waals surface area contributed by atoms with Gasteiger partial charge in [-0.3, -0.25) is 15.6 Å². The first-order valence-corrected chi connectivity index (χ1v) is 10.6. The van der Waals surface area contributed by atoms with Crippen LogP contribution in [0.1, 0.15) is 5.56 Å². The molecule has 0 bridgehead atoms. The maximum Gasteiger partial charge on any atom is 0.253 e. The fraction of sp³-hybridized carbons (Fsp3) is 0.125. The SMILES string of the molecule is Cc1ccc(S(=O)(=O)CC(=O)NNc2nc3c(Cl)c(Cl)ccc3s2)cc1. The highest BCUT2D eigenvalue weighted by molar-refractivity contribution is 7.92. The smallest absolute Gasteiger partial charge is 0.253 e. The summed E-state index contributed by atoms with van der Waals surface area (Å²) in [5, 5.41) is 1.07. The molecule has 0 atom stereocenters. The van der Waals surface area contributed by atoms with Crippen molar-refractivity contribution in [3.8, 4) is 0 Å². The van der Waals surface area contributed by atoms with Gasteiger partial charge in [-0.1, -0.05) is 52.2 Å². The zero-order chi connectivity index (χ0) is 18.9. The average Bonchev–Trinajstić information content (AvgIpc) is 3.00. The van der Waals surface area contributed by atoms with E-state index in [1.807, 2.05) is 6.92 Å². The zero-order valence-corrected chi connectivity index (χ0v) is 16.6. The largest absolute Gasteiger partial charge is 0.273 e. The molecule has 0 unspecified atom stereocenters. The molecule has 3 aromatic rings. The Bertz CT molecular complexity index is 1080. The summed E-state index contributed by atoms with van der Waals surface area (Å²) >= 11 is 13.3. The van der Waals surface area contributed by atoms with Gasteiger partial charge in [-0.2, -0.15) is 0 Å². The number of thiazole rings is 1. The number of amides is 1. The number of hydrogen-bond acceptors (Lipinski definition) is 6. The molecular weight excluding hydrogens is 417 g/mol. The zero-order valence-electron chi connectivity index (χ0n) is 13.4. The van der Waals surface area contributed by atoms with Crippen molar-refractivity contribution in [2.45, 2.75) is 11.8 Å². The molecule has 0 aliphatic heterocycles. The van der Waals surface area contributed by atoms with E-state index in [1.165, 1.54) is 23.5 Å². The Labute approximate surface area is 164 Å². The third-order valence-electron chi connectivity index (χ3n) is 3.46. The minimum absolute atomic E-state index is 0.0969. The number of halogens is 2. The lowest BCUT2D eigenvalue weighted by Gasteiger charge is -2.07. The molecule has 0 radical (unpaired) electrons. The Balaban J connectivity index is 1.67. The number of rotatable bonds is 5. The fourth-order valence-electron chi connectivity index (χ4n) is 2.15. The van der Waals surface area contributed by atoms with E-state index in [9.17, 15) is 13.2 Å². The van der Waals surface area contributed by atoms with Crippen LogP contribution in [0.2, 0.25) is 10.0 Å². The minimum Gasteiger partial charge on any atom is -0.273 e. The Morgan fingerprint density at radius 1 is 1.15 bits per heavy atom. The van der Waals surface area contributed by atoms with Crippen molar-refractivity contribution in [2.75, 3.05) is 11.2 Å². The second kappa shape index (κ2) is 7.40. The van der Waals surface area contributed by atoms with Crippen LogP contribution in [-0.2, 0) is 14.6 Å². The van der Waals surface area contributed by atoms with Crippen molar-refractivity contribution >= 4 is 65.6 Å². The third-order valence-corrected chi connectivity index (χ3v) is 6.83. The van der Waals surface area contributed by atoms with E-state index in [0.29, 0.717) is 20.7 Å². The molecule has 6 nitrogen and oxygen atoms in total. The van der Waals surface area contributed by atoms with E-state index in [0.717, 1.165) is 10.3 Å². The highest BCUT2D eigenvalue weighted by atomic mass is 35.5. The summed E-state index contributed by atoms with van der Waals surface area (Å²) in [6.07, 6.45) is 0. The van der Waals surface area contributed by atoms with Crippen LogP contribution in [0.5, 0.6) is 0 Å². The number of carbonyl (C=O) groups excluding carboxylic acids is 1. The van der Waals surface area contributed by atoms with Crippen LogP contribution in [-0.4, -0.2) is 25.1 Å². The summed E-state index contributed by atoms with van der Waals surface area (Å²) in [6.45, 7) is 1.85. The van der Waals surface area contributed by atoms with Gasteiger partial charge in [-0.15, -0.1) is 0 Å². The first-order valence-electron chi connectivity index (χ1n) is 7.35. The summed E-state index contributed by atoms with van der Waals surface area (Å²) in [6, 6.07) is 9.73. The maximum atomic E-state index is 12.3. The lowest BCUT2D eigenvalue weighted by atomic mass is 10.2. The van der Waals surface area contributed by atoms with Crippen LogP contribution >= 0.6 is 34.5 Å². The molecule has 0 aliphatic carbocycles. The lowest BCUT2D eigenvalue weighted by Crippen LogP contribution is -2.34. The van der Waals surface area contributed by atoms with Crippen molar-refractivity contribution in [1.29, 1.82) is 0 Å². The van der Waals surface area contributed by atoms with Crippen molar-refractivity contribution in [3.05, 3.63) is 52.0 Å². The summed E-state index contributed by atoms with van der Waals surface area (Å²) in [5.41, 5.74) is 6.38. The van der Waals surface area contributed by atoms with Crippen molar-refractivity contribution < 1.29 is 13.2 Å². The summed E-state index contributed by atoms with van der Waals surface area (Å²) in [4.78, 5) is 16.3. The number of nitrogens with one attached hydrogen (secondary N) is 2.